The molecule has 7 heteroatoms. The molecule has 0 saturated carbocycles. The lowest BCUT2D eigenvalue weighted by Gasteiger charge is -2.32. The molecule has 1 aliphatic heterocycles. The summed E-state index contributed by atoms with van der Waals surface area (Å²) in [5.74, 6) is 1.17. The van der Waals surface area contributed by atoms with Gasteiger partial charge in [0, 0.05) is 24.1 Å². The highest BCUT2D eigenvalue weighted by molar-refractivity contribution is 5.97. The average molecular weight is 441 g/mol. The van der Waals surface area contributed by atoms with Crippen molar-refractivity contribution in [2.24, 2.45) is 11.8 Å². The Balaban J connectivity index is 1.42. The molecule has 1 saturated heterocycles. The number of nitro benzene ring substituents is 1. The zero-order chi connectivity index (χ0) is 23.1. The van der Waals surface area contributed by atoms with E-state index in [9.17, 15) is 20.0 Å². The monoisotopic (exact) mass is 440 g/mol. The largest absolute Gasteiger partial charge is 0.491 e. The molecule has 1 atom stereocenters. The fraction of sp³-hybridized carbons (Fsp3) is 0.480. The van der Waals surface area contributed by atoms with E-state index in [0.717, 1.165) is 37.9 Å². The zero-order valence-corrected chi connectivity index (χ0v) is 18.8. The number of hydrogen-bond acceptors (Lipinski definition) is 6. The first-order chi connectivity index (χ1) is 15.3. The van der Waals surface area contributed by atoms with Gasteiger partial charge in [-0.05, 0) is 49.9 Å². The van der Waals surface area contributed by atoms with Gasteiger partial charge in [-0.3, -0.25) is 14.9 Å². The summed E-state index contributed by atoms with van der Waals surface area (Å²) in [4.78, 5) is 25.4. The van der Waals surface area contributed by atoms with E-state index >= 15 is 0 Å². The second-order valence-electron chi connectivity index (χ2n) is 8.95. The van der Waals surface area contributed by atoms with Crippen LogP contribution in [0.5, 0.6) is 5.75 Å². The third kappa shape index (κ3) is 6.87. The van der Waals surface area contributed by atoms with Gasteiger partial charge in [-0.1, -0.05) is 44.2 Å². The van der Waals surface area contributed by atoms with Crippen LogP contribution in [0.2, 0.25) is 0 Å². The molecule has 0 bridgehead atoms. The van der Waals surface area contributed by atoms with E-state index in [2.05, 4.69) is 30.9 Å². The molecule has 3 rings (SSSR count). The molecule has 0 amide bonds. The van der Waals surface area contributed by atoms with E-state index < -0.39 is 11.0 Å². The number of likely N-dealkylation sites (tertiary alicyclic amines) is 1. The summed E-state index contributed by atoms with van der Waals surface area (Å²) in [6.45, 7) is 6.36. The van der Waals surface area contributed by atoms with Crippen molar-refractivity contribution < 1.29 is 19.6 Å². The molecule has 2 aromatic carbocycles. The number of rotatable bonds is 10. The molecule has 0 aliphatic carbocycles. The third-order valence-corrected chi connectivity index (χ3v) is 5.78. The van der Waals surface area contributed by atoms with Gasteiger partial charge in [-0.25, -0.2) is 0 Å². The highest BCUT2D eigenvalue weighted by Crippen LogP contribution is 2.23. The van der Waals surface area contributed by atoms with Gasteiger partial charge < -0.3 is 14.7 Å². The number of nitro groups is 1. The molecular formula is C25H32N2O5. The van der Waals surface area contributed by atoms with Gasteiger partial charge in [-0.2, -0.15) is 0 Å². The molecule has 172 valence electrons. The first-order valence-corrected chi connectivity index (χ1v) is 11.2. The van der Waals surface area contributed by atoms with E-state index in [1.54, 1.807) is 12.1 Å². The summed E-state index contributed by atoms with van der Waals surface area (Å²) < 4.78 is 5.52. The molecule has 1 N–H and O–H groups in total. The number of ketones is 1. The third-order valence-electron chi connectivity index (χ3n) is 5.78. The van der Waals surface area contributed by atoms with Crippen molar-refractivity contribution in [1.82, 2.24) is 4.90 Å². The Kier molecular flexibility index (Phi) is 8.36. The molecular weight excluding hydrogens is 408 g/mol. The number of ether oxygens (including phenoxy) is 1. The quantitative estimate of drug-likeness (QED) is 0.339. The minimum atomic E-state index is -0.713. The van der Waals surface area contributed by atoms with Gasteiger partial charge in [0.15, 0.2) is 5.78 Å². The van der Waals surface area contributed by atoms with Crippen LogP contribution < -0.4 is 4.74 Å². The molecule has 7 nitrogen and oxygen atoms in total. The maximum absolute atomic E-state index is 12.9. The first kappa shape index (κ1) is 23.9. The van der Waals surface area contributed by atoms with Crippen LogP contribution in [-0.2, 0) is 6.42 Å². The highest BCUT2D eigenvalue weighted by atomic mass is 16.6. The van der Waals surface area contributed by atoms with Crippen LogP contribution in [-0.4, -0.2) is 53.1 Å². The van der Waals surface area contributed by atoms with Crippen LogP contribution in [0.15, 0.2) is 48.5 Å². The van der Waals surface area contributed by atoms with Gasteiger partial charge in [0.2, 0.25) is 0 Å². The summed E-state index contributed by atoms with van der Waals surface area (Å²) in [6, 6.07) is 13.9. The van der Waals surface area contributed by atoms with E-state index in [4.69, 9.17) is 4.74 Å². The maximum atomic E-state index is 12.9. The molecule has 32 heavy (non-hydrogen) atoms. The van der Waals surface area contributed by atoms with Crippen molar-refractivity contribution in [2.45, 2.75) is 39.2 Å². The topological polar surface area (TPSA) is 92.9 Å². The lowest BCUT2D eigenvalue weighted by atomic mass is 9.88. The summed E-state index contributed by atoms with van der Waals surface area (Å²) >= 11 is 0. The number of Topliss-reactive ketones (excluding diaryl/α,β-unsaturated/α-hetero) is 1. The van der Waals surface area contributed by atoms with Crippen molar-refractivity contribution in [3.8, 4) is 5.75 Å². The predicted octanol–water partition coefficient (Wildman–Crippen LogP) is 4.13. The molecule has 1 fully saturated rings. The Morgan fingerprint density at radius 2 is 1.88 bits per heavy atom. The molecule has 2 aromatic rings. The van der Waals surface area contributed by atoms with Gasteiger partial charge >= 0.3 is 0 Å². The number of carbonyl (C=O) groups is 1. The number of nitrogens with zero attached hydrogens (tertiary/aromatic N) is 2. The highest BCUT2D eigenvalue weighted by Gasteiger charge is 2.26. The van der Waals surface area contributed by atoms with Crippen molar-refractivity contribution in [1.29, 1.82) is 0 Å². The SMILES string of the molecule is CC(C)Cc1ccc(C(=O)C2CCN(C[C@@H](O)COc3cccc([N+](=O)[O-])c3)CC2)cc1. The van der Waals surface area contributed by atoms with Crippen LogP contribution in [0.1, 0.15) is 42.6 Å². The standard InChI is InChI=1S/C25H32N2O5/c1-18(2)14-19-6-8-20(9-7-19)25(29)21-10-12-26(13-11-21)16-23(28)17-32-24-5-3-4-22(15-24)27(30)31/h3-9,15,18,21,23,28H,10-14,16-17H2,1-2H3/t23-/m1/s1. The number of aliphatic hydroxyl groups is 1. The van der Waals surface area contributed by atoms with Gasteiger partial charge in [-0.15, -0.1) is 0 Å². The normalized spacial score (nSPS) is 16.1. The zero-order valence-electron chi connectivity index (χ0n) is 18.8. The molecule has 1 aliphatic rings. The van der Waals surface area contributed by atoms with Gasteiger partial charge in [0.25, 0.3) is 5.69 Å². The number of aliphatic hydroxyl groups excluding tert-OH is 1. The van der Waals surface area contributed by atoms with Crippen molar-refractivity contribution >= 4 is 11.5 Å². The van der Waals surface area contributed by atoms with Crippen LogP contribution >= 0.6 is 0 Å². The van der Waals surface area contributed by atoms with Crippen LogP contribution in [0.4, 0.5) is 5.69 Å². The van der Waals surface area contributed by atoms with Crippen molar-refractivity contribution in [3.63, 3.8) is 0 Å². The molecule has 0 radical (unpaired) electrons. The molecule has 1 heterocycles. The molecule has 0 aromatic heterocycles. The van der Waals surface area contributed by atoms with Crippen molar-refractivity contribution in [3.05, 3.63) is 69.8 Å². The number of β-amino-alcohol motifs (C(OH)–C–C–N with tert-alkyl or cyclic N) is 1. The van der Waals surface area contributed by atoms with E-state index in [0.29, 0.717) is 18.2 Å². The minimum Gasteiger partial charge on any atom is -0.491 e. The van der Waals surface area contributed by atoms with Gasteiger partial charge in [0.05, 0.1) is 11.0 Å². The number of piperidine rings is 1. The number of hydrogen-bond donors (Lipinski definition) is 1. The maximum Gasteiger partial charge on any atom is 0.273 e. The summed E-state index contributed by atoms with van der Waals surface area (Å²) in [7, 11) is 0. The smallest absolute Gasteiger partial charge is 0.273 e. The lowest BCUT2D eigenvalue weighted by molar-refractivity contribution is -0.384. The second-order valence-corrected chi connectivity index (χ2v) is 8.95. The van der Waals surface area contributed by atoms with Crippen LogP contribution in [0.25, 0.3) is 0 Å². The van der Waals surface area contributed by atoms with Crippen LogP contribution in [0.3, 0.4) is 0 Å². The second kappa shape index (κ2) is 11.2. The Bertz CT molecular complexity index is 905. The van der Waals surface area contributed by atoms with Crippen molar-refractivity contribution in [2.75, 3.05) is 26.2 Å². The summed E-state index contributed by atoms with van der Waals surface area (Å²) in [5.41, 5.74) is 1.99. The fourth-order valence-electron chi connectivity index (χ4n) is 4.12. The predicted molar refractivity (Wildman–Crippen MR) is 123 cm³/mol. The fourth-order valence-corrected chi connectivity index (χ4v) is 4.12. The Hall–Kier alpha value is -2.77. The van der Waals surface area contributed by atoms with Gasteiger partial charge in [0.1, 0.15) is 18.5 Å². The molecule has 0 unspecified atom stereocenters. The summed E-state index contributed by atoms with van der Waals surface area (Å²) in [5, 5.41) is 21.2. The first-order valence-electron chi connectivity index (χ1n) is 11.2. The van der Waals surface area contributed by atoms with E-state index in [-0.39, 0.29) is 24.0 Å². The minimum absolute atomic E-state index is 0.0143. The van der Waals surface area contributed by atoms with Crippen LogP contribution in [0, 0.1) is 22.0 Å². The number of non-ortho nitro benzene ring substituents is 1. The lowest BCUT2D eigenvalue weighted by Crippen LogP contribution is -2.42. The number of benzene rings is 2. The Morgan fingerprint density at radius 3 is 2.50 bits per heavy atom. The van der Waals surface area contributed by atoms with E-state index in [1.165, 1.54) is 17.7 Å². The summed E-state index contributed by atoms with van der Waals surface area (Å²) in [6.07, 6.45) is 1.84. The average Bonchev–Trinajstić information content (AvgIpc) is 2.78. The van der Waals surface area contributed by atoms with E-state index in [1.807, 2.05) is 12.1 Å². The Morgan fingerprint density at radius 1 is 1.19 bits per heavy atom. The Labute approximate surface area is 189 Å². The molecule has 0 spiro atoms. The number of carbonyl (C=O) groups excluding carboxylic acids is 1.